The minimum Gasteiger partial charge on any atom is -0.475 e. The van der Waals surface area contributed by atoms with Crippen LogP contribution in [0.3, 0.4) is 0 Å². The zero-order valence-corrected chi connectivity index (χ0v) is 14.9. The summed E-state index contributed by atoms with van der Waals surface area (Å²) in [6, 6.07) is 3.03. The molecule has 0 fully saturated rings. The molecule has 0 aliphatic heterocycles. The average Bonchev–Trinajstić information content (AvgIpc) is 2.79. The van der Waals surface area contributed by atoms with Crippen molar-refractivity contribution in [3.8, 4) is 5.06 Å². The quantitative estimate of drug-likeness (QED) is 0.817. The van der Waals surface area contributed by atoms with E-state index in [1.165, 1.54) is 6.07 Å². The molecule has 2 atom stereocenters. The van der Waals surface area contributed by atoms with Gasteiger partial charge in [-0.15, -0.1) is 11.3 Å². The van der Waals surface area contributed by atoms with Crippen LogP contribution in [0, 0.1) is 5.92 Å². The molecule has 22 heavy (non-hydrogen) atoms. The molecule has 8 heteroatoms. The first-order chi connectivity index (χ1) is 9.90. The molecule has 0 aliphatic carbocycles. The van der Waals surface area contributed by atoms with Crippen LogP contribution in [0.4, 0.5) is 13.2 Å². The molecular formula is C14H22F3NO2S2. The van der Waals surface area contributed by atoms with Crippen molar-refractivity contribution in [2.24, 2.45) is 5.92 Å². The lowest BCUT2D eigenvalue weighted by atomic mass is 10.0. The average molecular weight is 357 g/mol. The van der Waals surface area contributed by atoms with Crippen LogP contribution >= 0.6 is 11.3 Å². The maximum Gasteiger partial charge on any atom is 0.422 e. The van der Waals surface area contributed by atoms with Crippen molar-refractivity contribution in [3.05, 3.63) is 17.0 Å². The number of thiophene rings is 1. The molecule has 0 spiro atoms. The molecule has 1 heterocycles. The van der Waals surface area contributed by atoms with E-state index in [4.69, 9.17) is 4.74 Å². The fraction of sp³-hybridized carbons (Fsp3) is 0.714. The monoisotopic (exact) mass is 357 g/mol. The molecule has 0 aromatic carbocycles. The Balaban J connectivity index is 2.81. The highest BCUT2D eigenvalue weighted by Gasteiger charge is 2.29. The summed E-state index contributed by atoms with van der Waals surface area (Å²) in [5.74, 6) is 0.139. The van der Waals surface area contributed by atoms with Crippen molar-refractivity contribution in [1.82, 2.24) is 4.72 Å². The Morgan fingerprint density at radius 2 is 1.86 bits per heavy atom. The van der Waals surface area contributed by atoms with Gasteiger partial charge >= 0.3 is 6.18 Å². The summed E-state index contributed by atoms with van der Waals surface area (Å²) in [4.78, 5) is 0.810. The van der Waals surface area contributed by atoms with E-state index in [2.05, 4.69) is 4.72 Å². The fourth-order valence-corrected chi connectivity index (χ4v) is 3.69. The number of hydrogen-bond donors (Lipinski definition) is 1. The molecule has 3 nitrogen and oxygen atoms in total. The summed E-state index contributed by atoms with van der Waals surface area (Å²) < 4.78 is 56.1. The summed E-state index contributed by atoms with van der Waals surface area (Å²) in [6.45, 7) is 8.21. The van der Waals surface area contributed by atoms with Crippen molar-refractivity contribution in [2.75, 3.05) is 6.61 Å². The molecule has 0 amide bonds. The van der Waals surface area contributed by atoms with Gasteiger partial charge in [0.05, 0.1) is 21.8 Å². The van der Waals surface area contributed by atoms with Gasteiger partial charge in [-0.25, -0.2) is 8.93 Å². The lowest BCUT2D eigenvalue weighted by molar-refractivity contribution is -0.152. The van der Waals surface area contributed by atoms with E-state index < -0.39 is 28.5 Å². The zero-order valence-electron chi connectivity index (χ0n) is 13.3. The summed E-state index contributed by atoms with van der Waals surface area (Å²) >= 11 is 1.14. The smallest absolute Gasteiger partial charge is 0.422 e. The zero-order chi connectivity index (χ0) is 17.1. The van der Waals surface area contributed by atoms with Crippen LogP contribution in [0.15, 0.2) is 12.1 Å². The van der Waals surface area contributed by atoms with Gasteiger partial charge in [-0.05, 0) is 38.8 Å². The molecule has 0 bridgehead atoms. The molecule has 0 saturated heterocycles. The minimum absolute atomic E-state index is 0.139. The van der Waals surface area contributed by atoms with Crippen LogP contribution in [-0.2, 0) is 11.0 Å². The van der Waals surface area contributed by atoms with E-state index >= 15 is 0 Å². The second-order valence-electron chi connectivity index (χ2n) is 6.28. The van der Waals surface area contributed by atoms with Crippen molar-refractivity contribution in [2.45, 2.75) is 51.6 Å². The van der Waals surface area contributed by atoms with Gasteiger partial charge in [-0.3, -0.25) is 0 Å². The molecule has 0 aliphatic rings. The number of rotatable bonds is 6. The molecule has 1 aromatic heterocycles. The fourth-order valence-electron chi connectivity index (χ4n) is 1.55. The predicted octanol–water partition coefficient (Wildman–Crippen LogP) is 4.44. The Bertz CT molecular complexity index is 507. The second kappa shape index (κ2) is 7.31. The van der Waals surface area contributed by atoms with Crippen LogP contribution in [0.5, 0.6) is 5.06 Å². The van der Waals surface area contributed by atoms with Crippen molar-refractivity contribution < 1.29 is 22.1 Å². The Kier molecular flexibility index (Phi) is 6.46. The highest BCUT2D eigenvalue weighted by Crippen LogP contribution is 2.34. The summed E-state index contributed by atoms with van der Waals surface area (Å²) in [5.41, 5.74) is 0. The third-order valence-corrected chi connectivity index (χ3v) is 5.40. The minimum atomic E-state index is -4.35. The summed E-state index contributed by atoms with van der Waals surface area (Å²) in [5, 5.41) is 0.210. The lowest BCUT2D eigenvalue weighted by Gasteiger charge is -2.26. The molecule has 0 saturated carbocycles. The van der Waals surface area contributed by atoms with E-state index in [9.17, 15) is 17.4 Å². The van der Waals surface area contributed by atoms with Gasteiger partial charge in [0, 0.05) is 4.88 Å². The SMILES string of the molecule is CC(C)[C@@H](N[S@@](=O)C(C)(C)C)c1ccc(OCC(F)(F)F)s1. The maximum absolute atomic E-state index is 12.2. The third-order valence-electron chi connectivity index (χ3n) is 2.74. The topological polar surface area (TPSA) is 38.3 Å². The Morgan fingerprint density at radius 3 is 2.32 bits per heavy atom. The summed E-state index contributed by atoms with van der Waals surface area (Å²) in [6.07, 6.45) is -4.35. The molecule has 0 radical (unpaired) electrons. The Hall–Kier alpha value is -0.600. The first kappa shape index (κ1) is 19.4. The molecule has 1 N–H and O–H groups in total. The first-order valence-electron chi connectivity index (χ1n) is 6.87. The molecule has 1 aromatic rings. The first-order valence-corrected chi connectivity index (χ1v) is 8.84. The Morgan fingerprint density at radius 1 is 1.27 bits per heavy atom. The van der Waals surface area contributed by atoms with Gasteiger partial charge in [-0.1, -0.05) is 13.8 Å². The van der Waals surface area contributed by atoms with E-state index in [0.29, 0.717) is 0 Å². The third kappa shape index (κ3) is 6.26. The normalized spacial score (nSPS) is 15.9. The van der Waals surface area contributed by atoms with Gasteiger partial charge in [0.25, 0.3) is 0 Å². The van der Waals surface area contributed by atoms with E-state index in [-0.39, 0.29) is 17.0 Å². The largest absolute Gasteiger partial charge is 0.475 e. The van der Waals surface area contributed by atoms with Crippen LogP contribution in [0.2, 0.25) is 0 Å². The highest BCUT2D eigenvalue weighted by atomic mass is 32.2. The van der Waals surface area contributed by atoms with E-state index in [0.717, 1.165) is 16.2 Å². The van der Waals surface area contributed by atoms with Crippen LogP contribution in [0.1, 0.15) is 45.5 Å². The lowest BCUT2D eigenvalue weighted by Crippen LogP contribution is -2.37. The van der Waals surface area contributed by atoms with E-state index in [1.54, 1.807) is 6.07 Å². The molecular weight excluding hydrogens is 335 g/mol. The van der Waals surface area contributed by atoms with Crippen molar-refractivity contribution >= 4 is 22.3 Å². The predicted molar refractivity (Wildman–Crippen MR) is 84.5 cm³/mol. The van der Waals surface area contributed by atoms with Gasteiger partial charge < -0.3 is 4.74 Å². The van der Waals surface area contributed by atoms with Crippen molar-refractivity contribution in [3.63, 3.8) is 0 Å². The number of nitrogens with one attached hydrogen (secondary N) is 1. The molecule has 128 valence electrons. The second-order valence-corrected chi connectivity index (χ2v) is 9.36. The van der Waals surface area contributed by atoms with Crippen LogP contribution in [-0.4, -0.2) is 21.7 Å². The number of hydrogen-bond acceptors (Lipinski definition) is 3. The molecule has 0 unspecified atom stereocenters. The van der Waals surface area contributed by atoms with Gasteiger partial charge in [0.15, 0.2) is 11.7 Å². The number of halogens is 3. The molecule has 1 rings (SSSR count). The van der Waals surface area contributed by atoms with Crippen LogP contribution in [0.25, 0.3) is 0 Å². The standard InChI is InChI=1S/C14H22F3NO2S2/c1-9(2)12(18-22(19)13(3,4)5)10-6-7-11(21-10)20-8-14(15,16)17/h6-7,9,12,18H,8H2,1-5H3/t12-,22+/m1/s1. The Labute approximate surface area is 135 Å². The maximum atomic E-state index is 12.2. The number of alkyl halides is 3. The van der Waals surface area contributed by atoms with Gasteiger partial charge in [0.1, 0.15) is 0 Å². The van der Waals surface area contributed by atoms with Gasteiger partial charge in [-0.2, -0.15) is 13.2 Å². The van der Waals surface area contributed by atoms with Crippen LogP contribution < -0.4 is 9.46 Å². The van der Waals surface area contributed by atoms with E-state index in [1.807, 2.05) is 34.6 Å². The van der Waals surface area contributed by atoms with Crippen molar-refractivity contribution in [1.29, 1.82) is 0 Å². The summed E-state index contributed by atoms with van der Waals surface area (Å²) in [7, 11) is -1.26. The van der Waals surface area contributed by atoms with Gasteiger partial charge in [0.2, 0.25) is 0 Å². The highest BCUT2D eigenvalue weighted by molar-refractivity contribution is 7.84. The number of ether oxygens (including phenoxy) is 1.